The summed E-state index contributed by atoms with van der Waals surface area (Å²) in [7, 11) is 0. The number of aliphatic hydroxyl groups excluding tert-OH is 3. The van der Waals surface area contributed by atoms with Gasteiger partial charge in [-0.15, -0.1) is 0 Å². The van der Waals surface area contributed by atoms with E-state index in [0.717, 1.165) is 49.7 Å². The van der Waals surface area contributed by atoms with Gasteiger partial charge in [0.15, 0.2) is 17.4 Å². The highest BCUT2D eigenvalue weighted by Crippen LogP contribution is 2.59. The van der Waals surface area contributed by atoms with E-state index in [0.29, 0.717) is 64.2 Å². The molecule has 0 amide bonds. The van der Waals surface area contributed by atoms with E-state index in [1.807, 2.05) is 0 Å². The number of hydrogen-bond donors (Lipinski definition) is 3. The highest BCUT2D eigenvalue weighted by atomic mass is 16.8. The summed E-state index contributed by atoms with van der Waals surface area (Å²) < 4.78 is 104. The average molecular weight is 1100 g/mol. The fraction of sp³-hybridized carbons (Fsp3) is 0.915. The first-order valence-electron chi connectivity index (χ1n) is 30.3. The molecule has 0 aromatic rings. The van der Waals surface area contributed by atoms with E-state index < -0.39 is 78.4 Å². The molecule has 3 N–H and O–H groups in total. The molecule has 14 bridgehead atoms. The van der Waals surface area contributed by atoms with Crippen LogP contribution in [-0.4, -0.2) is 197 Å². The predicted molar refractivity (Wildman–Crippen MR) is 269 cm³/mol. The Hall–Kier alpha value is -1.73. The Labute approximate surface area is 457 Å². The monoisotopic (exact) mass is 1100 g/mol. The summed E-state index contributed by atoms with van der Waals surface area (Å²) in [5.74, 6) is -2.99. The van der Waals surface area contributed by atoms with Gasteiger partial charge in [-0.25, -0.2) is 0 Å². The Morgan fingerprint density at radius 1 is 0.538 bits per heavy atom. The number of hydrogen-bond acceptors (Lipinski definition) is 19. The zero-order chi connectivity index (χ0) is 53.4. The molecule has 16 aliphatic rings. The quantitative estimate of drug-likeness (QED) is 0.257. The van der Waals surface area contributed by atoms with Crippen LogP contribution in [-0.2, 0) is 75.8 Å². The summed E-state index contributed by atoms with van der Waals surface area (Å²) >= 11 is 0. The second-order valence-corrected chi connectivity index (χ2v) is 27.4. The van der Waals surface area contributed by atoms with Crippen LogP contribution < -0.4 is 0 Å². The first-order valence-corrected chi connectivity index (χ1v) is 30.3. The summed E-state index contributed by atoms with van der Waals surface area (Å²) in [6, 6.07) is 0. The van der Waals surface area contributed by atoms with E-state index in [2.05, 4.69) is 40.9 Å². The van der Waals surface area contributed by atoms with Crippen molar-refractivity contribution in [2.45, 2.75) is 313 Å². The second kappa shape index (κ2) is 19.4. The lowest BCUT2D eigenvalue weighted by Gasteiger charge is -2.50. The number of carbonyl (C=O) groups excluding carboxylic acids is 1. The van der Waals surface area contributed by atoms with Gasteiger partial charge in [0.1, 0.15) is 42.7 Å². The zero-order valence-corrected chi connectivity index (χ0v) is 45.8. The molecule has 16 fully saturated rings. The lowest BCUT2D eigenvalue weighted by atomic mass is 9.79. The van der Waals surface area contributed by atoms with Crippen LogP contribution in [0.2, 0.25) is 0 Å². The molecule has 16 heterocycles. The molecule has 0 aliphatic carbocycles. The summed E-state index contributed by atoms with van der Waals surface area (Å²) in [5.41, 5.74) is 1.60. The topological polar surface area (TPSA) is 216 Å². The van der Waals surface area contributed by atoms with Crippen molar-refractivity contribution in [3.63, 3.8) is 0 Å². The Balaban J connectivity index is 0.662. The smallest absolute Gasteiger partial charge is 0.308 e. The molecule has 16 saturated heterocycles. The summed E-state index contributed by atoms with van der Waals surface area (Å²) in [5, 5.41) is 30.2. The molecule has 3 spiro atoms. The zero-order valence-electron chi connectivity index (χ0n) is 45.8. The van der Waals surface area contributed by atoms with Crippen molar-refractivity contribution in [2.24, 2.45) is 17.8 Å². The molecule has 0 aromatic carbocycles. The molecule has 19 heteroatoms. The molecule has 0 aromatic heterocycles. The van der Waals surface area contributed by atoms with Crippen molar-refractivity contribution in [1.29, 1.82) is 0 Å². The summed E-state index contributed by atoms with van der Waals surface area (Å²) in [6.45, 7) is 17.2. The number of carbonyl (C=O) groups is 1. The van der Waals surface area contributed by atoms with Crippen molar-refractivity contribution in [1.82, 2.24) is 0 Å². The van der Waals surface area contributed by atoms with Crippen LogP contribution in [0.25, 0.3) is 0 Å². The minimum absolute atomic E-state index is 0.0132. The Morgan fingerprint density at radius 2 is 1.24 bits per heavy atom. The van der Waals surface area contributed by atoms with Crippen LogP contribution in [0.15, 0.2) is 24.3 Å². The fourth-order valence-corrected chi connectivity index (χ4v) is 18.0. The number of rotatable bonds is 4. The largest absolute Gasteiger partial charge is 0.459 e. The molecule has 16 rings (SSSR count). The summed E-state index contributed by atoms with van der Waals surface area (Å²) in [4.78, 5) is 14.6. The fourth-order valence-electron chi connectivity index (χ4n) is 18.0. The van der Waals surface area contributed by atoms with Gasteiger partial charge >= 0.3 is 5.97 Å². The van der Waals surface area contributed by atoms with Gasteiger partial charge in [-0.1, -0.05) is 33.9 Å². The van der Waals surface area contributed by atoms with Crippen molar-refractivity contribution < 1.29 is 91.2 Å². The average Bonchev–Trinajstić information content (AvgIpc) is 4.24. The normalized spacial score (nSPS) is 57.6. The van der Waals surface area contributed by atoms with Crippen LogP contribution >= 0.6 is 0 Å². The SMILES string of the molecule is C=C1C[C@@H]2CC[C@@]34C[C@H]5O[C@H]6[C@@H](O3)[C@H]3O[C@H](CC[C@@H]3O[C@H]6[C@H]5O4)CC(=O)O[C@@H]3[C@@H](C)[C@@H]4O[C@@H]5C[C@]6(C[C@@H]7O[C@@]8(C[C@H](C)[C@@H]7O6)C[C@@]6(C)C[C@@H](O8)[C@@H](CC(O)C(O)CO)O6)O[C@@H]5C[C@@H]4O[C@H]3C[C@H]3O[C@@H](CC[C@@H]1O2)C[C@@H](C)C3=C. The Kier molecular flexibility index (Phi) is 13.2. The second-order valence-electron chi connectivity index (χ2n) is 27.4. The Morgan fingerprint density at radius 3 is 2.10 bits per heavy atom. The number of ether oxygens (including phenoxy) is 15. The summed E-state index contributed by atoms with van der Waals surface area (Å²) in [6.07, 6.45) is 1.88. The van der Waals surface area contributed by atoms with E-state index in [1.54, 1.807) is 0 Å². The van der Waals surface area contributed by atoms with Gasteiger partial charge in [0.2, 0.25) is 0 Å². The van der Waals surface area contributed by atoms with Gasteiger partial charge in [-0.05, 0) is 74.9 Å². The minimum Gasteiger partial charge on any atom is -0.459 e. The van der Waals surface area contributed by atoms with E-state index in [9.17, 15) is 20.1 Å². The predicted octanol–water partition coefficient (Wildman–Crippen LogP) is 4.68. The van der Waals surface area contributed by atoms with E-state index in [4.69, 9.17) is 71.1 Å². The third kappa shape index (κ3) is 9.02. The lowest BCUT2D eigenvalue weighted by molar-refractivity contribution is -0.336. The van der Waals surface area contributed by atoms with E-state index in [-0.39, 0.29) is 134 Å². The van der Waals surface area contributed by atoms with Crippen LogP contribution in [0.5, 0.6) is 0 Å². The number of esters is 1. The first-order chi connectivity index (χ1) is 37.4. The maximum Gasteiger partial charge on any atom is 0.308 e. The maximum atomic E-state index is 14.6. The number of aliphatic hydroxyl groups is 3. The highest BCUT2D eigenvalue weighted by Gasteiger charge is 2.70. The molecular weight excluding hydrogens is 1010 g/mol. The minimum atomic E-state index is -1.26. The van der Waals surface area contributed by atoms with Crippen molar-refractivity contribution in [2.75, 3.05) is 6.61 Å². The highest BCUT2D eigenvalue weighted by molar-refractivity contribution is 5.70. The molecule has 78 heavy (non-hydrogen) atoms. The van der Waals surface area contributed by atoms with Crippen LogP contribution in [0, 0.1) is 17.8 Å². The van der Waals surface area contributed by atoms with Gasteiger partial charge in [0.05, 0.1) is 122 Å². The molecule has 0 radical (unpaired) electrons. The van der Waals surface area contributed by atoms with Gasteiger partial charge in [-0.2, -0.15) is 0 Å². The number of fused-ring (bicyclic) bond motifs is 11. The van der Waals surface area contributed by atoms with Gasteiger partial charge in [0.25, 0.3) is 0 Å². The molecule has 2 unspecified atom stereocenters. The van der Waals surface area contributed by atoms with Crippen molar-refractivity contribution in [3.05, 3.63) is 24.3 Å². The van der Waals surface area contributed by atoms with Crippen LogP contribution in [0.3, 0.4) is 0 Å². The first kappa shape index (κ1) is 53.0. The van der Waals surface area contributed by atoms with Crippen molar-refractivity contribution in [3.8, 4) is 0 Å². The maximum absolute atomic E-state index is 14.6. The van der Waals surface area contributed by atoms with Crippen molar-refractivity contribution >= 4 is 5.97 Å². The van der Waals surface area contributed by atoms with Crippen LogP contribution in [0.4, 0.5) is 0 Å². The lowest BCUT2D eigenvalue weighted by Crippen LogP contribution is -2.62. The molecule has 0 saturated carbocycles. The molecule has 434 valence electrons. The van der Waals surface area contributed by atoms with Gasteiger partial charge in [0, 0.05) is 70.1 Å². The third-order valence-electron chi connectivity index (χ3n) is 21.7. The molecular formula is C59H84O19. The van der Waals surface area contributed by atoms with Gasteiger partial charge < -0.3 is 86.4 Å². The standard InChI is InChI=1S/C59H84O19/c1-26-13-31-7-9-36-27(2)14-33(64-36)11-12-57-22-45-52(77-57)53-54(70-45)55(78-57)51-37(68-53)10-8-32(66-51)15-47(63)71-50-30(5)49-42(67-41(50)17-38(65-31)29(26)4)18-40-43(69-49)21-58(73-40)23-46-48(76-58)28(3)19-59(75-46)25-56(6)20-44(74-59)39(72-56)16-34(61)35(62)24-60/h26,28,30-46,48-55,60-62H,2,4,7-25H2,1,3,5-6H3/t26-,28+,30+,31+,32-,33+,34?,35?,36+,37+,38-,39-,40-,41+,42+,43-,44-,45-,46+,48+,49+,50-,51+,52+,53+,54-,55+,56-,57+,58+,59+/m1/s1. The van der Waals surface area contributed by atoms with Crippen LogP contribution in [0.1, 0.15) is 143 Å². The third-order valence-corrected chi connectivity index (χ3v) is 21.7. The molecule has 19 nitrogen and oxygen atoms in total. The van der Waals surface area contributed by atoms with E-state index >= 15 is 0 Å². The molecule has 16 aliphatic heterocycles. The van der Waals surface area contributed by atoms with E-state index in [1.165, 1.54) is 0 Å². The van der Waals surface area contributed by atoms with Gasteiger partial charge in [-0.3, -0.25) is 4.79 Å². The molecule has 31 atom stereocenters. The Bertz CT molecular complexity index is 2340.